The number of methoxy groups -OCH3 is 1. The maximum atomic E-state index is 12.7. The average Bonchev–Trinajstić information content (AvgIpc) is 2.53. The van der Waals surface area contributed by atoms with E-state index >= 15 is 0 Å². The first kappa shape index (κ1) is 21.3. The van der Waals surface area contributed by atoms with Crippen molar-refractivity contribution in [1.82, 2.24) is 4.90 Å². The van der Waals surface area contributed by atoms with Gasteiger partial charge < -0.3 is 20.5 Å². The summed E-state index contributed by atoms with van der Waals surface area (Å²) in [7, 11) is 2.75. The van der Waals surface area contributed by atoms with Crippen LogP contribution in [0.15, 0.2) is 18.2 Å². The van der Waals surface area contributed by atoms with Crippen LogP contribution in [0.3, 0.4) is 0 Å². The molecule has 1 aromatic rings. The number of ether oxygens (including phenoxy) is 2. The zero-order valence-corrected chi connectivity index (χ0v) is 16.3. The fourth-order valence-corrected chi connectivity index (χ4v) is 1.91. The second-order valence-corrected chi connectivity index (χ2v) is 7.35. The van der Waals surface area contributed by atoms with Gasteiger partial charge in [-0.05, 0) is 52.8 Å². The van der Waals surface area contributed by atoms with Crippen molar-refractivity contribution in [3.63, 3.8) is 0 Å². The highest BCUT2D eigenvalue weighted by Gasteiger charge is 2.37. The lowest BCUT2D eigenvalue weighted by molar-refractivity contribution is -0.125. The molecule has 8 heteroatoms. The van der Waals surface area contributed by atoms with E-state index in [0.29, 0.717) is 5.69 Å². The van der Waals surface area contributed by atoms with Gasteiger partial charge in [-0.25, -0.2) is 9.59 Å². The summed E-state index contributed by atoms with van der Waals surface area (Å²) in [6.07, 6.45) is -0.619. The highest BCUT2D eigenvalue weighted by atomic mass is 16.6. The first-order valence-corrected chi connectivity index (χ1v) is 8.05. The molecule has 0 atom stereocenters. The van der Waals surface area contributed by atoms with E-state index in [1.807, 2.05) is 0 Å². The third-order valence-electron chi connectivity index (χ3n) is 3.78. The lowest BCUT2D eigenvalue weighted by Crippen LogP contribution is -2.54. The smallest absolute Gasteiger partial charge is 0.410 e. The number of carbonyl (C=O) groups is 3. The predicted molar refractivity (Wildman–Crippen MR) is 98.9 cm³/mol. The fraction of sp³-hybridized carbons (Fsp3) is 0.500. The Morgan fingerprint density at radius 3 is 2.15 bits per heavy atom. The van der Waals surface area contributed by atoms with Crippen LogP contribution >= 0.6 is 0 Å². The van der Waals surface area contributed by atoms with Crippen LogP contribution in [0.2, 0.25) is 0 Å². The van der Waals surface area contributed by atoms with Gasteiger partial charge in [0.2, 0.25) is 5.91 Å². The van der Waals surface area contributed by atoms with Crippen LogP contribution in [0.1, 0.15) is 45.0 Å². The van der Waals surface area contributed by atoms with Gasteiger partial charge in [0.1, 0.15) is 11.1 Å². The zero-order valence-electron chi connectivity index (χ0n) is 16.3. The zero-order chi connectivity index (χ0) is 20.3. The highest BCUT2D eigenvalue weighted by Crippen LogP contribution is 2.24. The summed E-state index contributed by atoms with van der Waals surface area (Å²) in [5.41, 5.74) is 4.83. The number of nitrogens with one attached hydrogen (secondary N) is 1. The van der Waals surface area contributed by atoms with Crippen LogP contribution in [0.4, 0.5) is 16.2 Å². The topological polar surface area (TPSA) is 111 Å². The van der Waals surface area contributed by atoms with Crippen molar-refractivity contribution in [1.29, 1.82) is 0 Å². The Labute approximate surface area is 153 Å². The molecule has 0 unspecified atom stereocenters. The normalized spacial score (nSPS) is 11.5. The molecule has 0 saturated heterocycles. The number of nitrogens with two attached hydrogens (primary N) is 1. The van der Waals surface area contributed by atoms with Crippen LogP contribution in [0.5, 0.6) is 0 Å². The van der Waals surface area contributed by atoms with Crippen molar-refractivity contribution in [2.75, 3.05) is 25.2 Å². The third-order valence-corrected chi connectivity index (χ3v) is 3.78. The van der Waals surface area contributed by atoms with Crippen LogP contribution < -0.4 is 11.1 Å². The second-order valence-electron chi connectivity index (χ2n) is 7.35. The van der Waals surface area contributed by atoms with Crippen molar-refractivity contribution in [2.45, 2.75) is 45.8 Å². The summed E-state index contributed by atoms with van der Waals surface area (Å²) in [5, 5.41) is 2.67. The molecule has 2 amide bonds. The maximum absolute atomic E-state index is 12.7. The highest BCUT2D eigenvalue weighted by molar-refractivity contribution is 6.02. The number of esters is 1. The number of rotatable bonds is 4. The van der Waals surface area contributed by atoms with E-state index in [1.165, 1.54) is 37.3 Å². The summed E-state index contributed by atoms with van der Waals surface area (Å²) >= 11 is 0. The van der Waals surface area contributed by atoms with E-state index in [1.54, 1.807) is 34.6 Å². The average molecular weight is 365 g/mol. The Morgan fingerprint density at radius 2 is 1.69 bits per heavy atom. The van der Waals surface area contributed by atoms with Gasteiger partial charge in [0.15, 0.2) is 0 Å². The van der Waals surface area contributed by atoms with E-state index in [-0.39, 0.29) is 11.3 Å². The molecule has 0 bridgehead atoms. The molecular formula is C18H27N3O5. The Bertz CT molecular complexity index is 707. The molecule has 1 aromatic carbocycles. The second kappa shape index (κ2) is 7.63. The first-order valence-electron chi connectivity index (χ1n) is 8.05. The number of likely N-dealkylation sites (N-methyl/N-ethyl adjacent to an activating group) is 1. The van der Waals surface area contributed by atoms with E-state index in [0.717, 1.165) is 0 Å². The quantitative estimate of drug-likeness (QED) is 0.627. The monoisotopic (exact) mass is 365 g/mol. The molecule has 1 rings (SSSR count). The third kappa shape index (κ3) is 5.11. The number of hydrogen-bond acceptors (Lipinski definition) is 6. The molecule has 0 radical (unpaired) electrons. The summed E-state index contributed by atoms with van der Waals surface area (Å²) in [6.45, 7) is 8.41. The van der Waals surface area contributed by atoms with Crippen molar-refractivity contribution in [3.05, 3.63) is 23.8 Å². The largest absolute Gasteiger partial charge is 0.465 e. The number of benzene rings is 1. The van der Waals surface area contributed by atoms with Crippen LogP contribution in [0, 0.1) is 0 Å². The SMILES string of the molecule is COC(=O)c1ccc(NC(=O)C(C)(C)N(C)C(=O)OC(C)(C)C)c(N)c1. The molecular weight excluding hydrogens is 338 g/mol. The van der Waals surface area contributed by atoms with Crippen molar-refractivity contribution in [2.24, 2.45) is 0 Å². The van der Waals surface area contributed by atoms with Crippen LogP contribution in [-0.4, -0.2) is 48.2 Å². The van der Waals surface area contributed by atoms with Crippen molar-refractivity contribution in [3.8, 4) is 0 Å². The molecule has 26 heavy (non-hydrogen) atoms. The van der Waals surface area contributed by atoms with Crippen molar-refractivity contribution >= 4 is 29.3 Å². The molecule has 0 saturated carbocycles. The summed E-state index contributed by atoms with van der Waals surface area (Å²) in [6, 6.07) is 4.40. The lowest BCUT2D eigenvalue weighted by atomic mass is 10.0. The van der Waals surface area contributed by atoms with E-state index in [9.17, 15) is 14.4 Å². The van der Waals surface area contributed by atoms with Crippen molar-refractivity contribution < 1.29 is 23.9 Å². The molecule has 0 aliphatic carbocycles. The number of nitrogen functional groups attached to an aromatic ring is 1. The molecule has 0 spiro atoms. The minimum Gasteiger partial charge on any atom is -0.465 e. The minimum absolute atomic E-state index is 0.206. The number of carbonyl (C=O) groups excluding carboxylic acids is 3. The van der Waals surface area contributed by atoms with Crippen LogP contribution in [-0.2, 0) is 14.3 Å². The van der Waals surface area contributed by atoms with Gasteiger partial charge in [-0.3, -0.25) is 9.69 Å². The van der Waals surface area contributed by atoms with E-state index < -0.39 is 29.1 Å². The minimum atomic E-state index is -1.20. The van der Waals surface area contributed by atoms with Gasteiger partial charge in [0.25, 0.3) is 0 Å². The molecule has 0 aliphatic rings. The molecule has 3 N–H and O–H groups in total. The molecule has 0 aliphatic heterocycles. The Kier molecular flexibility index (Phi) is 6.25. The van der Waals surface area contributed by atoms with Gasteiger partial charge >= 0.3 is 12.1 Å². The van der Waals surface area contributed by atoms with Gasteiger partial charge in [-0.2, -0.15) is 0 Å². The number of nitrogens with zero attached hydrogens (tertiary/aromatic N) is 1. The first-order chi connectivity index (χ1) is 11.8. The fourth-order valence-electron chi connectivity index (χ4n) is 1.91. The number of anilines is 2. The predicted octanol–water partition coefficient (Wildman–Crippen LogP) is 2.64. The maximum Gasteiger partial charge on any atom is 0.410 e. The Morgan fingerprint density at radius 1 is 1.12 bits per heavy atom. The molecule has 0 fully saturated rings. The van der Waals surface area contributed by atoms with Gasteiger partial charge in [0.05, 0.1) is 24.0 Å². The molecule has 8 nitrogen and oxygen atoms in total. The summed E-state index contributed by atoms with van der Waals surface area (Å²) < 4.78 is 9.92. The van der Waals surface area contributed by atoms with Gasteiger partial charge in [-0.15, -0.1) is 0 Å². The van der Waals surface area contributed by atoms with Crippen LogP contribution in [0.25, 0.3) is 0 Å². The van der Waals surface area contributed by atoms with E-state index in [2.05, 4.69) is 10.1 Å². The summed E-state index contributed by atoms with van der Waals surface area (Å²) in [5.74, 6) is -0.983. The van der Waals surface area contributed by atoms with Gasteiger partial charge in [-0.1, -0.05) is 0 Å². The molecule has 0 heterocycles. The Balaban J connectivity index is 2.95. The summed E-state index contributed by atoms with van der Waals surface area (Å²) in [4.78, 5) is 37.6. The molecule has 144 valence electrons. The van der Waals surface area contributed by atoms with Gasteiger partial charge in [0, 0.05) is 7.05 Å². The lowest BCUT2D eigenvalue weighted by Gasteiger charge is -2.35. The standard InChI is InChI=1S/C18H27N3O5/c1-17(2,3)26-16(24)21(6)18(4,5)15(23)20-13-9-8-11(10-12(13)19)14(22)25-7/h8-10H,19H2,1-7H3,(H,20,23). The number of hydrogen-bond donors (Lipinski definition) is 2. The Hall–Kier alpha value is -2.77. The van der Waals surface area contributed by atoms with E-state index in [4.69, 9.17) is 10.5 Å². The number of amides is 2. The molecule has 0 aromatic heterocycles.